The van der Waals surface area contributed by atoms with E-state index in [4.69, 9.17) is 16.3 Å². The van der Waals surface area contributed by atoms with E-state index in [-0.39, 0.29) is 5.15 Å². The maximum absolute atomic E-state index is 12.7. The number of hydrogen-bond acceptors (Lipinski definition) is 4. The van der Waals surface area contributed by atoms with Crippen LogP contribution in [-0.2, 0) is 9.53 Å². The van der Waals surface area contributed by atoms with Gasteiger partial charge in [0.1, 0.15) is 16.8 Å². The molecule has 2 aromatic rings. The van der Waals surface area contributed by atoms with Gasteiger partial charge in [-0.15, -0.1) is 0 Å². The molecule has 1 fully saturated rings. The van der Waals surface area contributed by atoms with Crippen LogP contribution in [0.15, 0.2) is 54.7 Å². The van der Waals surface area contributed by atoms with Gasteiger partial charge >= 0.3 is 6.09 Å². The lowest BCUT2D eigenvalue weighted by Crippen LogP contribution is -2.37. The Balaban J connectivity index is 1.92. The number of halogens is 1. The quantitative estimate of drug-likeness (QED) is 0.609. The Hall–Kier alpha value is -2.66. The summed E-state index contributed by atoms with van der Waals surface area (Å²) in [6, 6.07) is 12.3. The van der Waals surface area contributed by atoms with Gasteiger partial charge in [0.2, 0.25) is 0 Å². The molecule has 1 saturated heterocycles. The molecule has 0 N–H and O–H groups in total. The van der Waals surface area contributed by atoms with Crippen molar-refractivity contribution in [1.82, 2.24) is 9.88 Å². The maximum Gasteiger partial charge on any atom is 0.418 e. The first-order chi connectivity index (χ1) is 11.9. The summed E-state index contributed by atoms with van der Waals surface area (Å²) in [6.45, 7) is 3.58. The van der Waals surface area contributed by atoms with Gasteiger partial charge in [0.15, 0.2) is 0 Å². The van der Waals surface area contributed by atoms with E-state index < -0.39 is 23.6 Å². The van der Waals surface area contributed by atoms with Crippen molar-refractivity contribution in [3.63, 3.8) is 0 Å². The van der Waals surface area contributed by atoms with Crippen molar-refractivity contribution in [2.45, 2.75) is 25.5 Å². The van der Waals surface area contributed by atoms with Crippen LogP contribution in [0.3, 0.4) is 0 Å². The van der Waals surface area contributed by atoms with E-state index in [1.807, 2.05) is 30.3 Å². The Kier molecular flexibility index (Phi) is 4.59. The van der Waals surface area contributed by atoms with E-state index in [9.17, 15) is 9.59 Å². The van der Waals surface area contributed by atoms with Gasteiger partial charge in [0.05, 0.1) is 0 Å². The Labute approximate surface area is 150 Å². The molecule has 128 valence electrons. The highest BCUT2D eigenvalue weighted by molar-refractivity contribution is 6.30. The number of carbonyl (C=O) groups excluding carboxylic acids is 2. The van der Waals surface area contributed by atoms with Crippen LogP contribution in [-0.4, -0.2) is 27.5 Å². The molecule has 0 bridgehead atoms. The Morgan fingerprint density at radius 3 is 2.64 bits per heavy atom. The lowest BCUT2D eigenvalue weighted by Gasteiger charge is -2.27. The molecule has 1 atom stereocenters. The summed E-state index contributed by atoms with van der Waals surface area (Å²) in [5.74, 6) is -0.468. The first-order valence-corrected chi connectivity index (χ1v) is 8.17. The molecule has 2 heterocycles. The number of nitrogens with zero attached hydrogens (tertiary/aromatic N) is 2. The van der Waals surface area contributed by atoms with Gasteiger partial charge < -0.3 is 4.74 Å². The van der Waals surface area contributed by atoms with E-state index >= 15 is 0 Å². The van der Waals surface area contributed by atoms with Crippen molar-refractivity contribution in [2.24, 2.45) is 0 Å². The van der Waals surface area contributed by atoms with Crippen LogP contribution in [0.2, 0.25) is 5.15 Å². The summed E-state index contributed by atoms with van der Waals surface area (Å²) in [7, 11) is 0. The van der Waals surface area contributed by atoms with Crippen LogP contribution in [0.1, 0.15) is 31.0 Å². The van der Waals surface area contributed by atoms with Crippen molar-refractivity contribution < 1.29 is 14.3 Å². The zero-order chi connectivity index (χ0) is 18.0. The van der Waals surface area contributed by atoms with Crippen LogP contribution < -0.4 is 0 Å². The molecule has 25 heavy (non-hydrogen) atoms. The monoisotopic (exact) mass is 356 g/mol. The molecule has 0 aliphatic carbocycles. The SMILES string of the molecule is CC1(C)OC(=O)N(C(=O)/C=C/c2cccnc2Cl)[C@@H]1c1ccccc1. The molecule has 1 aliphatic rings. The lowest BCUT2D eigenvalue weighted by atomic mass is 9.91. The van der Waals surface area contributed by atoms with Crippen LogP contribution in [0.5, 0.6) is 0 Å². The number of amides is 2. The Bertz CT molecular complexity index is 834. The van der Waals surface area contributed by atoms with Crippen LogP contribution >= 0.6 is 11.6 Å². The Morgan fingerprint density at radius 1 is 1.24 bits per heavy atom. The molecule has 0 unspecified atom stereocenters. The van der Waals surface area contributed by atoms with Gasteiger partial charge in [-0.1, -0.05) is 48.0 Å². The van der Waals surface area contributed by atoms with E-state index in [0.717, 1.165) is 10.5 Å². The van der Waals surface area contributed by atoms with Gasteiger partial charge in [0, 0.05) is 17.8 Å². The third-order valence-corrected chi connectivity index (χ3v) is 4.33. The number of ether oxygens (including phenoxy) is 1. The number of aromatic nitrogens is 1. The summed E-state index contributed by atoms with van der Waals surface area (Å²) < 4.78 is 5.42. The molecule has 6 heteroatoms. The molecule has 5 nitrogen and oxygen atoms in total. The largest absolute Gasteiger partial charge is 0.440 e. The Morgan fingerprint density at radius 2 is 1.96 bits per heavy atom. The van der Waals surface area contributed by atoms with Crippen molar-refractivity contribution in [3.05, 3.63) is 71.0 Å². The molecule has 1 aromatic heterocycles. The zero-order valence-corrected chi connectivity index (χ0v) is 14.6. The highest BCUT2D eigenvalue weighted by Crippen LogP contribution is 2.41. The summed E-state index contributed by atoms with van der Waals surface area (Å²) >= 11 is 5.99. The minimum atomic E-state index is -0.826. The lowest BCUT2D eigenvalue weighted by molar-refractivity contribution is -0.124. The van der Waals surface area contributed by atoms with Gasteiger partial charge in [-0.05, 0) is 31.6 Å². The third kappa shape index (κ3) is 3.42. The highest BCUT2D eigenvalue weighted by Gasteiger charge is 2.50. The number of imide groups is 1. The smallest absolute Gasteiger partial charge is 0.418 e. The fraction of sp³-hybridized carbons (Fsp3) is 0.211. The van der Waals surface area contributed by atoms with Crippen molar-refractivity contribution in [3.8, 4) is 0 Å². The van der Waals surface area contributed by atoms with E-state index in [1.54, 1.807) is 38.3 Å². The summed E-state index contributed by atoms with van der Waals surface area (Å²) in [4.78, 5) is 30.1. The second-order valence-corrected chi connectivity index (χ2v) is 6.57. The van der Waals surface area contributed by atoms with Gasteiger partial charge in [-0.25, -0.2) is 14.7 Å². The fourth-order valence-electron chi connectivity index (χ4n) is 2.91. The topological polar surface area (TPSA) is 59.5 Å². The number of hydrogen-bond donors (Lipinski definition) is 0. The van der Waals surface area contributed by atoms with Crippen LogP contribution in [0.25, 0.3) is 6.08 Å². The number of benzene rings is 1. The second kappa shape index (κ2) is 6.69. The average molecular weight is 357 g/mol. The molecule has 2 amide bonds. The third-order valence-electron chi connectivity index (χ3n) is 4.01. The fourth-order valence-corrected chi connectivity index (χ4v) is 3.10. The second-order valence-electron chi connectivity index (χ2n) is 6.21. The number of pyridine rings is 1. The molecular weight excluding hydrogens is 340 g/mol. The molecule has 0 spiro atoms. The minimum absolute atomic E-state index is 0.287. The summed E-state index contributed by atoms with van der Waals surface area (Å²) in [5.41, 5.74) is 0.605. The molecule has 1 aliphatic heterocycles. The zero-order valence-electron chi connectivity index (χ0n) is 13.8. The van der Waals surface area contributed by atoms with Gasteiger partial charge in [-0.3, -0.25) is 4.79 Å². The molecule has 0 radical (unpaired) electrons. The van der Waals surface area contributed by atoms with Gasteiger partial charge in [0.25, 0.3) is 5.91 Å². The summed E-state index contributed by atoms with van der Waals surface area (Å²) in [5, 5.41) is 0.287. The normalized spacial score (nSPS) is 19.2. The molecule has 0 saturated carbocycles. The molecule has 3 rings (SSSR count). The van der Waals surface area contributed by atoms with E-state index in [1.165, 1.54) is 6.08 Å². The molecule has 1 aromatic carbocycles. The van der Waals surface area contributed by atoms with Crippen molar-refractivity contribution in [1.29, 1.82) is 0 Å². The first kappa shape index (κ1) is 17.2. The number of rotatable bonds is 3. The summed E-state index contributed by atoms with van der Waals surface area (Å²) in [6.07, 6.45) is 3.75. The van der Waals surface area contributed by atoms with Crippen LogP contribution in [0.4, 0.5) is 4.79 Å². The number of carbonyl (C=O) groups is 2. The minimum Gasteiger partial charge on any atom is -0.440 e. The van der Waals surface area contributed by atoms with Crippen LogP contribution in [0, 0.1) is 0 Å². The molecular formula is C19H17ClN2O3. The van der Waals surface area contributed by atoms with Gasteiger partial charge in [-0.2, -0.15) is 0 Å². The van der Waals surface area contributed by atoms with Crippen molar-refractivity contribution in [2.75, 3.05) is 0 Å². The number of cyclic esters (lactones) is 1. The standard InChI is InChI=1S/C19H17ClN2O3/c1-19(2)16(13-7-4-3-5-8-13)22(18(24)25-19)15(23)11-10-14-9-6-12-21-17(14)20/h3-12,16H,1-2H3/b11-10+/t16-/m1/s1. The highest BCUT2D eigenvalue weighted by atomic mass is 35.5. The predicted octanol–water partition coefficient (Wildman–Crippen LogP) is 4.25. The predicted molar refractivity (Wildman–Crippen MR) is 94.9 cm³/mol. The average Bonchev–Trinajstić information content (AvgIpc) is 2.83. The van der Waals surface area contributed by atoms with Crippen molar-refractivity contribution >= 4 is 29.7 Å². The first-order valence-electron chi connectivity index (χ1n) is 7.80. The van der Waals surface area contributed by atoms with E-state index in [2.05, 4.69) is 4.98 Å². The van der Waals surface area contributed by atoms with E-state index in [0.29, 0.717) is 5.56 Å². The maximum atomic E-state index is 12.7.